The highest BCUT2D eigenvalue weighted by molar-refractivity contribution is 5.89. The van der Waals surface area contributed by atoms with Crippen LogP contribution < -0.4 is 5.32 Å². The van der Waals surface area contributed by atoms with Gasteiger partial charge in [-0.1, -0.05) is 34.6 Å². The van der Waals surface area contributed by atoms with Crippen molar-refractivity contribution in [2.45, 2.75) is 67.3 Å². The maximum atomic E-state index is 13.0. The molecule has 0 spiro atoms. The van der Waals surface area contributed by atoms with Gasteiger partial charge in [-0.05, 0) is 37.0 Å². The number of hydrogen-bond acceptors (Lipinski definition) is 3. The molecule has 138 valence electrons. The van der Waals surface area contributed by atoms with Crippen LogP contribution >= 0.6 is 0 Å². The van der Waals surface area contributed by atoms with Gasteiger partial charge in [-0.25, -0.2) is 0 Å². The second-order valence-electron chi connectivity index (χ2n) is 8.39. The molecular weight excluding hydrogens is 304 g/mol. The molecule has 1 fully saturated rings. The average Bonchev–Trinajstić information content (AvgIpc) is 2.86. The Morgan fingerprint density at radius 2 is 1.75 bits per heavy atom. The van der Waals surface area contributed by atoms with Crippen LogP contribution in [0, 0.1) is 23.2 Å². The Bertz CT molecular complexity index is 485. The number of hydrogen-bond donors (Lipinski definition) is 1. The number of nitrogens with zero attached hydrogens (tertiary/aromatic N) is 1. The van der Waals surface area contributed by atoms with Crippen LogP contribution in [0.15, 0.2) is 0 Å². The Kier molecular flexibility index (Phi) is 6.99. The van der Waals surface area contributed by atoms with Crippen molar-refractivity contribution >= 4 is 17.6 Å². The van der Waals surface area contributed by atoms with Gasteiger partial charge in [0, 0.05) is 25.9 Å². The molecule has 0 saturated carbocycles. The number of carbonyl (C=O) groups is 3. The molecule has 1 heterocycles. The molecule has 0 aromatic rings. The summed E-state index contributed by atoms with van der Waals surface area (Å²) in [5.74, 6) is 0.527. The summed E-state index contributed by atoms with van der Waals surface area (Å²) >= 11 is 0. The first-order valence-electron chi connectivity index (χ1n) is 9.02. The first-order valence-corrected chi connectivity index (χ1v) is 9.02. The van der Waals surface area contributed by atoms with Gasteiger partial charge in [0.1, 0.15) is 0 Å². The van der Waals surface area contributed by atoms with E-state index in [0.717, 1.165) is 12.8 Å². The van der Waals surface area contributed by atoms with Crippen molar-refractivity contribution in [3.8, 4) is 0 Å². The summed E-state index contributed by atoms with van der Waals surface area (Å²) in [4.78, 5) is 38.2. The van der Waals surface area contributed by atoms with E-state index in [9.17, 15) is 14.4 Å². The zero-order valence-electron chi connectivity index (χ0n) is 16.3. The standard InChI is InChI=1S/C19H34N2O3/c1-12(2)10-16-8-9-21(17(16)14(4)22)18(24)13(3)19(6,7)11-20-15(5)23/h12-13,16-17H,8-11H2,1-7H3,(H,20,23)/t13-,16-,17-/m1/s1. The molecule has 5 heteroatoms. The Morgan fingerprint density at radius 3 is 2.21 bits per heavy atom. The summed E-state index contributed by atoms with van der Waals surface area (Å²) in [5, 5.41) is 2.80. The van der Waals surface area contributed by atoms with Crippen molar-refractivity contribution in [2.75, 3.05) is 13.1 Å². The molecule has 24 heavy (non-hydrogen) atoms. The minimum atomic E-state index is -0.361. The number of Topliss-reactive ketones (excluding diaryl/α,β-unsaturated/α-hetero) is 1. The van der Waals surface area contributed by atoms with Crippen LogP contribution in [0.4, 0.5) is 0 Å². The average molecular weight is 338 g/mol. The quantitative estimate of drug-likeness (QED) is 0.776. The lowest BCUT2D eigenvalue weighted by atomic mass is 9.78. The minimum absolute atomic E-state index is 0.0248. The molecule has 1 N–H and O–H groups in total. The van der Waals surface area contributed by atoms with Gasteiger partial charge in [0.05, 0.1) is 6.04 Å². The third-order valence-corrected chi connectivity index (χ3v) is 5.33. The van der Waals surface area contributed by atoms with Crippen LogP contribution in [0.25, 0.3) is 0 Å². The zero-order chi connectivity index (χ0) is 18.7. The molecule has 0 aliphatic carbocycles. The molecule has 1 aliphatic rings. The highest BCUT2D eigenvalue weighted by Crippen LogP contribution is 2.35. The number of rotatable bonds is 7. The van der Waals surface area contributed by atoms with Crippen molar-refractivity contribution < 1.29 is 14.4 Å². The lowest BCUT2D eigenvalue weighted by Gasteiger charge is -2.36. The van der Waals surface area contributed by atoms with E-state index < -0.39 is 0 Å². The van der Waals surface area contributed by atoms with E-state index in [2.05, 4.69) is 19.2 Å². The Hall–Kier alpha value is -1.39. The largest absolute Gasteiger partial charge is 0.356 e. The number of amides is 2. The first kappa shape index (κ1) is 20.7. The van der Waals surface area contributed by atoms with Gasteiger partial charge in [0.25, 0.3) is 0 Å². The van der Waals surface area contributed by atoms with Gasteiger partial charge in [-0.2, -0.15) is 0 Å². The molecule has 0 aromatic carbocycles. The summed E-state index contributed by atoms with van der Waals surface area (Å²) in [6, 6.07) is -0.293. The van der Waals surface area contributed by atoms with Gasteiger partial charge in [-0.15, -0.1) is 0 Å². The van der Waals surface area contributed by atoms with E-state index in [1.165, 1.54) is 6.92 Å². The van der Waals surface area contributed by atoms with Crippen LogP contribution in [0.2, 0.25) is 0 Å². The molecule has 5 nitrogen and oxygen atoms in total. The highest BCUT2D eigenvalue weighted by atomic mass is 16.2. The third kappa shape index (κ3) is 5.05. The Morgan fingerprint density at radius 1 is 1.17 bits per heavy atom. The van der Waals surface area contributed by atoms with Gasteiger partial charge >= 0.3 is 0 Å². The minimum Gasteiger partial charge on any atom is -0.356 e. The molecule has 0 unspecified atom stereocenters. The fourth-order valence-electron chi connectivity index (χ4n) is 3.60. The summed E-state index contributed by atoms with van der Waals surface area (Å²) in [5.41, 5.74) is -0.361. The van der Waals surface area contributed by atoms with E-state index in [-0.39, 0.29) is 40.9 Å². The van der Waals surface area contributed by atoms with Gasteiger partial charge < -0.3 is 10.2 Å². The van der Waals surface area contributed by atoms with Crippen molar-refractivity contribution in [2.24, 2.45) is 23.2 Å². The summed E-state index contributed by atoms with van der Waals surface area (Å²) in [6.07, 6.45) is 1.87. The molecule has 3 atom stereocenters. The van der Waals surface area contributed by atoms with Crippen LogP contribution in [0.5, 0.6) is 0 Å². The van der Waals surface area contributed by atoms with Gasteiger partial charge in [0.2, 0.25) is 11.8 Å². The Labute approximate surface area is 146 Å². The van der Waals surface area contributed by atoms with E-state index in [0.29, 0.717) is 19.0 Å². The lowest BCUT2D eigenvalue weighted by molar-refractivity contribution is -0.144. The molecule has 1 aliphatic heterocycles. The van der Waals surface area contributed by atoms with Crippen LogP contribution in [0.3, 0.4) is 0 Å². The number of likely N-dealkylation sites (tertiary alicyclic amines) is 1. The van der Waals surface area contributed by atoms with E-state index >= 15 is 0 Å². The Balaban J connectivity index is 2.88. The van der Waals surface area contributed by atoms with Crippen molar-refractivity contribution in [3.05, 3.63) is 0 Å². The topological polar surface area (TPSA) is 66.5 Å². The summed E-state index contributed by atoms with van der Waals surface area (Å²) < 4.78 is 0. The smallest absolute Gasteiger partial charge is 0.226 e. The number of nitrogens with one attached hydrogen (secondary N) is 1. The number of ketones is 1. The maximum absolute atomic E-state index is 13.0. The molecular formula is C19H34N2O3. The first-order chi connectivity index (χ1) is 11.0. The normalized spacial score (nSPS) is 22.6. The number of carbonyl (C=O) groups excluding carboxylic acids is 3. The molecule has 2 amide bonds. The molecule has 0 aromatic heterocycles. The van der Waals surface area contributed by atoms with E-state index in [1.807, 2.05) is 20.8 Å². The summed E-state index contributed by atoms with van der Waals surface area (Å²) in [7, 11) is 0. The second kappa shape index (κ2) is 8.13. The monoisotopic (exact) mass is 338 g/mol. The fourth-order valence-corrected chi connectivity index (χ4v) is 3.60. The van der Waals surface area contributed by atoms with Crippen LogP contribution in [0.1, 0.15) is 61.3 Å². The predicted octanol–water partition coefficient (Wildman–Crippen LogP) is 2.64. The van der Waals surface area contributed by atoms with Crippen LogP contribution in [-0.2, 0) is 14.4 Å². The third-order valence-electron chi connectivity index (χ3n) is 5.33. The van der Waals surface area contributed by atoms with E-state index in [1.54, 1.807) is 11.8 Å². The fraction of sp³-hybridized carbons (Fsp3) is 0.842. The highest BCUT2D eigenvalue weighted by Gasteiger charge is 2.43. The van der Waals surface area contributed by atoms with Crippen molar-refractivity contribution in [1.29, 1.82) is 0 Å². The molecule has 0 bridgehead atoms. The van der Waals surface area contributed by atoms with E-state index in [4.69, 9.17) is 0 Å². The van der Waals surface area contributed by atoms with Gasteiger partial charge in [-0.3, -0.25) is 14.4 Å². The second-order valence-corrected chi connectivity index (χ2v) is 8.39. The molecule has 0 radical (unpaired) electrons. The molecule has 1 saturated heterocycles. The van der Waals surface area contributed by atoms with Crippen molar-refractivity contribution in [1.82, 2.24) is 10.2 Å². The maximum Gasteiger partial charge on any atom is 0.226 e. The zero-order valence-corrected chi connectivity index (χ0v) is 16.3. The van der Waals surface area contributed by atoms with Crippen molar-refractivity contribution in [3.63, 3.8) is 0 Å². The lowest BCUT2D eigenvalue weighted by Crippen LogP contribution is -2.49. The SMILES string of the molecule is CC(=O)NCC(C)(C)[C@H](C)C(=O)N1CC[C@H](CC(C)C)[C@H]1C(C)=O. The summed E-state index contributed by atoms with van der Waals surface area (Å²) in [6.45, 7) is 14.3. The van der Waals surface area contributed by atoms with Crippen LogP contribution in [-0.4, -0.2) is 41.6 Å². The molecule has 1 rings (SSSR count). The van der Waals surface area contributed by atoms with Gasteiger partial charge in [0.15, 0.2) is 5.78 Å². The predicted molar refractivity (Wildman–Crippen MR) is 95.4 cm³/mol.